The number of carbonyl (C=O) groups is 1. The van der Waals surface area contributed by atoms with Crippen molar-refractivity contribution in [3.05, 3.63) is 57.6 Å². The molecule has 2 aromatic rings. The van der Waals surface area contributed by atoms with Crippen LogP contribution >= 0.6 is 15.9 Å². The van der Waals surface area contributed by atoms with Crippen LogP contribution in [0.15, 0.2) is 40.9 Å². The third-order valence-electron chi connectivity index (χ3n) is 3.21. The number of esters is 1. The highest BCUT2D eigenvalue weighted by molar-refractivity contribution is 9.10. The lowest BCUT2D eigenvalue weighted by Crippen LogP contribution is -2.08. The van der Waals surface area contributed by atoms with Crippen molar-refractivity contribution in [1.82, 2.24) is 0 Å². The quantitative estimate of drug-likeness (QED) is 0.675. The highest BCUT2D eigenvalue weighted by Gasteiger charge is 2.13. The van der Waals surface area contributed by atoms with Gasteiger partial charge in [0.05, 0.1) is 12.7 Å². The second kappa shape index (κ2) is 6.63. The number of methoxy groups -OCH3 is 1. The number of nitrogen functional groups attached to an aromatic ring is 1. The first-order valence-corrected chi connectivity index (χ1v) is 7.17. The molecule has 0 atom stereocenters. The van der Waals surface area contributed by atoms with Gasteiger partial charge < -0.3 is 15.2 Å². The maximum atomic E-state index is 12.1. The standard InChI is InChI=1S/C16H16BrNO3/c1-10-13(4-3-5-15(10)18)16(19)21-9-11-8-12(20-2)6-7-14(11)17/h3-8H,9,18H2,1-2H3. The molecule has 0 aliphatic heterocycles. The molecule has 2 aromatic carbocycles. The lowest BCUT2D eigenvalue weighted by atomic mass is 10.1. The van der Waals surface area contributed by atoms with Crippen LogP contribution in [0.1, 0.15) is 21.5 Å². The molecule has 0 amide bonds. The van der Waals surface area contributed by atoms with Gasteiger partial charge >= 0.3 is 5.97 Å². The van der Waals surface area contributed by atoms with Crippen LogP contribution in [0, 0.1) is 6.92 Å². The minimum absolute atomic E-state index is 0.158. The Morgan fingerprint density at radius 2 is 2.05 bits per heavy atom. The van der Waals surface area contributed by atoms with Gasteiger partial charge in [0.15, 0.2) is 0 Å². The van der Waals surface area contributed by atoms with E-state index in [1.807, 2.05) is 18.2 Å². The van der Waals surface area contributed by atoms with E-state index in [1.165, 1.54) is 0 Å². The Labute approximate surface area is 132 Å². The van der Waals surface area contributed by atoms with Crippen molar-refractivity contribution in [3.8, 4) is 5.75 Å². The van der Waals surface area contributed by atoms with Gasteiger partial charge in [0.1, 0.15) is 12.4 Å². The molecule has 0 aliphatic carbocycles. The summed E-state index contributed by atoms with van der Waals surface area (Å²) in [4.78, 5) is 12.1. The van der Waals surface area contributed by atoms with Gasteiger partial charge in [-0.3, -0.25) is 0 Å². The molecule has 0 aromatic heterocycles. The second-order valence-electron chi connectivity index (χ2n) is 4.55. The predicted octanol–water partition coefficient (Wildman–Crippen LogP) is 3.71. The SMILES string of the molecule is COc1ccc(Br)c(COC(=O)c2cccc(N)c2C)c1. The molecular formula is C16H16BrNO3. The summed E-state index contributed by atoms with van der Waals surface area (Å²) >= 11 is 3.43. The van der Waals surface area contributed by atoms with Gasteiger partial charge in [-0.25, -0.2) is 4.79 Å². The van der Waals surface area contributed by atoms with E-state index >= 15 is 0 Å². The van der Waals surface area contributed by atoms with E-state index in [1.54, 1.807) is 32.2 Å². The molecule has 0 saturated carbocycles. The Bertz CT molecular complexity index is 671. The van der Waals surface area contributed by atoms with Gasteiger partial charge in [-0.2, -0.15) is 0 Å². The summed E-state index contributed by atoms with van der Waals surface area (Å²) in [7, 11) is 1.59. The van der Waals surface area contributed by atoms with Crippen LogP contribution in [0.2, 0.25) is 0 Å². The number of benzene rings is 2. The Balaban J connectivity index is 2.13. The normalized spacial score (nSPS) is 10.2. The van der Waals surface area contributed by atoms with Gasteiger partial charge in [0, 0.05) is 15.7 Å². The number of halogens is 1. The first-order valence-electron chi connectivity index (χ1n) is 6.37. The van der Waals surface area contributed by atoms with E-state index in [0.29, 0.717) is 17.0 Å². The number of hydrogen-bond acceptors (Lipinski definition) is 4. The molecule has 0 saturated heterocycles. The Kier molecular flexibility index (Phi) is 4.85. The van der Waals surface area contributed by atoms with Gasteiger partial charge in [0.25, 0.3) is 0 Å². The minimum atomic E-state index is -0.394. The average Bonchev–Trinajstić information content (AvgIpc) is 2.49. The van der Waals surface area contributed by atoms with E-state index in [4.69, 9.17) is 15.2 Å². The van der Waals surface area contributed by atoms with Crippen LogP contribution in [0.3, 0.4) is 0 Å². The second-order valence-corrected chi connectivity index (χ2v) is 5.41. The first kappa shape index (κ1) is 15.4. The highest BCUT2D eigenvalue weighted by atomic mass is 79.9. The third kappa shape index (κ3) is 3.55. The Morgan fingerprint density at radius 1 is 1.29 bits per heavy atom. The van der Waals surface area contributed by atoms with Crippen molar-refractivity contribution in [2.45, 2.75) is 13.5 Å². The Hall–Kier alpha value is -2.01. The molecule has 2 N–H and O–H groups in total. The zero-order chi connectivity index (χ0) is 15.4. The molecule has 0 bridgehead atoms. The van der Waals surface area contributed by atoms with Crippen molar-refractivity contribution in [1.29, 1.82) is 0 Å². The molecule has 0 fully saturated rings. The number of carbonyl (C=O) groups excluding carboxylic acids is 1. The number of rotatable bonds is 4. The van der Waals surface area contributed by atoms with Gasteiger partial charge in [-0.1, -0.05) is 22.0 Å². The first-order chi connectivity index (χ1) is 10.0. The maximum absolute atomic E-state index is 12.1. The van der Waals surface area contributed by atoms with Crippen LogP contribution in [-0.2, 0) is 11.3 Å². The van der Waals surface area contributed by atoms with E-state index < -0.39 is 5.97 Å². The summed E-state index contributed by atoms with van der Waals surface area (Å²) in [6, 6.07) is 10.7. The van der Waals surface area contributed by atoms with Crippen molar-refractivity contribution < 1.29 is 14.3 Å². The summed E-state index contributed by atoms with van der Waals surface area (Å²) in [6.07, 6.45) is 0. The summed E-state index contributed by atoms with van der Waals surface area (Å²) < 4.78 is 11.4. The van der Waals surface area contributed by atoms with Crippen LogP contribution in [0.4, 0.5) is 5.69 Å². The fraction of sp³-hybridized carbons (Fsp3) is 0.188. The fourth-order valence-corrected chi connectivity index (χ4v) is 2.25. The molecule has 0 spiro atoms. The molecule has 0 heterocycles. The summed E-state index contributed by atoms with van der Waals surface area (Å²) in [5.41, 5.74) is 8.42. The molecule has 0 radical (unpaired) electrons. The van der Waals surface area contributed by atoms with Crippen molar-refractivity contribution >= 4 is 27.6 Å². The topological polar surface area (TPSA) is 61.5 Å². The number of anilines is 1. The molecule has 0 unspecified atom stereocenters. The highest BCUT2D eigenvalue weighted by Crippen LogP contribution is 2.24. The van der Waals surface area contributed by atoms with Crippen LogP contribution in [-0.4, -0.2) is 13.1 Å². The largest absolute Gasteiger partial charge is 0.497 e. The van der Waals surface area contributed by atoms with Gasteiger partial charge in [-0.15, -0.1) is 0 Å². The van der Waals surface area contributed by atoms with Crippen molar-refractivity contribution in [2.24, 2.45) is 0 Å². The predicted molar refractivity (Wildman–Crippen MR) is 85.4 cm³/mol. The maximum Gasteiger partial charge on any atom is 0.338 e. The monoisotopic (exact) mass is 349 g/mol. The third-order valence-corrected chi connectivity index (χ3v) is 3.98. The lowest BCUT2D eigenvalue weighted by Gasteiger charge is -2.10. The molecule has 4 nitrogen and oxygen atoms in total. The van der Waals surface area contributed by atoms with Crippen LogP contribution in [0.25, 0.3) is 0 Å². The van der Waals surface area contributed by atoms with E-state index in [0.717, 1.165) is 15.6 Å². The lowest BCUT2D eigenvalue weighted by molar-refractivity contribution is 0.0471. The molecular weight excluding hydrogens is 334 g/mol. The van der Waals surface area contributed by atoms with Gasteiger partial charge in [-0.05, 0) is 42.8 Å². The van der Waals surface area contributed by atoms with Crippen molar-refractivity contribution in [3.63, 3.8) is 0 Å². The fourth-order valence-electron chi connectivity index (χ4n) is 1.88. The molecule has 0 aliphatic rings. The van der Waals surface area contributed by atoms with Crippen molar-refractivity contribution in [2.75, 3.05) is 12.8 Å². The summed E-state index contributed by atoms with van der Waals surface area (Å²) in [5, 5.41) is 0. The van der Waals surface area contributed by atoms with Crippen LogP contribution in [0.5, 0.6) is 5.75 Å². The zero-order valence-corrected chi connectivity index (χ0v) is 13.4. The van der Waals surface area contributed by atoms with Crippen LogP contribution < -0.4 is 10.5 Å². The van der Waals surface area contributed by atoms with E-state index in [9.17, 15) is 4.79 Å². The zero-order valence-electron chi connectivity index (χ0n) is 11.9. The van der Waals surface area contributed by atoms with Gasteiger partial charge in [0.2, 0.25) is 0 Å². The number of nitrogens with two attached hydrogens (primary N) is 1. The summed E-state index contributed by atoms with van der Waals surface area (Å²) in [5.74, 6) is 0.318. The Morgan fingerprint density at radius 3 is 2.76 bits per heavy atom. The molecule has 5 heteroatoms. The molecule has 2 rings (SSSR count). The smallest absolute Gasteiger partial charge is 0.338 e. The van der Waals surface area contributed by atoms with E-state index in [2.05, 4.69) is 15.9 Å². The number of ether oxygens (including phenoxy) is 2. The molecule has 21 heavy (non-hydrogen) atoms. The number of hydrogen-bond donors (Lipinski definition) is 1. The molecule has 110 valence electrons. The average molecular weight is 350 g/mol. The minimum Gasteiger partial charge on any atom is -0.497 e. The summed E-state index contributed by atoms with van der Waals surface area (Å²) in [6.45, 7) is 1.96. The van der Waals surface area contributed by atoms with E-state index in [-0.39, 0.29) is 6.61 Å².